The Labute approximate surface area is 90.7 Å². The topological polar surface area (TPSA) is 54.4 Å². The zero-order valence-corrected chi connectivity index (χ0v) is 8.27. The van der Waals surface area contributed by atoms with E-state index in [9.17, 15) is 18.4 Å². The molecule has 1 N–H and O–H groups in total. The molecule has 1 unspecified atom stereocenters. The van der Waals surface area contributed by atoms with Gasteiger partial charge in [-0.2, -0.15) is 0 Å². The van der Waals surface area contributed by atoms with Crippen LogP contribution in [0.25, 0.3) is 0 Å². The van der Waals surface area contributed by atoms with Gasteiger partial charge in [-0.3, -0.25) is 9.59 Å². The lowest BCUT2D eigenvalue weighted by Crippen LogP contribution is -2.25. The highest BCUT2D eigenvalue weighted by atomic mass is 19.3. The van der Waals surface area contributed by atoms with Crippen molar-refractivity contribution in [1.29, 1.82) is 0 Å². The number of benzene rings is 1. The third kappa shape index (κ3) is 3.12. The van der Waals surface area contributed by atoms with Gasteiger partial charge in [-0.15, -0.1) is 0 Å². The first-order chi connectivity index (χ1) is 7.52. The Morgan fingerprint density at radius 3 is 2.19 bits per heavy atom. The normalized spacial score (nSPS) is 12.4. The first-order valence-corrected chi connectivity index (χ1v) is 4.61. The lowest BCUT2D eigenvalue weighted by molar-refractivity contribution is -0.139. The number of carbonyl (C=O) groups excluding carboxylic acids is 1. The molecule has 0 radical (unpaired) electrons. The number of Topliss-reactive ketones (excluding diaryl/α,β-unsaturated/α-hetero) is 1. The molecule has 0 aliphatic rings. The van der Waals surface area contributed by atoms with Crippen LogP contribution < -0.4 is 0 Å². The molecular formula is C11H10F2O3. The van der Waals surface area contributed by atoms with Gasteiger partial charge in [0.1, 0.15) is 0 Å². The molecule has 0 amide bonds. The van der Waals surface area contributed by atoms with Crippen LogP contribution in [0.4, 0.5) is 8.78 Å². The number of rotatable bonds is 5. The van der Waals surface area contributed by atoms with Gasteiger partial charge in [0.15, 0.2) is 5.78 Å². The Morgan fingerprint density at radius 2 is 1.75 bits per heavy atom. The molecule has 0 aromatic heterocycles. The van der Waals surface area contributed by atoms with Crippen molar-refractivity contribution in [3.63, 3.8) is 0 Å². The number of carboxylic acids is 1. The Kier molecular flexibility index (Phi) is 4.10. The van der Waals surface area contributed by atoms with Crippen LogP contribution in [0.1, 0.15) is 16.8 Å². The van der Waals surface area contributed by atoms with Crippen molar-refractivity contribution in [3.8, 4) is 0 Å². The molecule has 1 aromatic carbocycles. The van der Waals surface area contributed by atoms with E-state index < -0.39 is 30.5 Å². The maximum Gasteiger partial charge on any atom is 0.304 e. The molecule has 0 aliphatic carbocycles. The van der Waals surface area contributed by atoms with Crippen LogP contribution in [-0.4, -0.2) is 23.3 Å². The van der Waals surface area contributed by atoms with Gasteiger partial charge >= 0.3 is 5.97 Å². The van der Waals surface area contributed by atoms with Gasteiger partial charge in [-0.25, -0.2) is 8.78 Å². The summed E-state index contributed by atoms with van der Waals surface area (Å²) in [5, 5.41) is 8.44. The van der Waals surface area contributed by atoms with Crippen LogP contribution in [0, 0.1) is 5.92 Å². The largest absolute Gasteiger partial charge is 0.481 e. The van der Waals surface area contributed by atoms with Crippen LogP contribution in [0.2, 0.25) is 0 Å². The molecule has 0 aliphatic heterocycles. The smallest absolute Gasteiger partial charge is 0.304 e. The van der Waals surface area contributed by atoms with Gasteiger partial charge in [0.25, 0.3) is 0 Å². The van der Waals surface area contributed by atoms with Crippen LogP contribution in [0.3, 0.4) is 0 Å². The molecule has 0 heterocycles. The molecule has 0 fully saturated rings. The van der Waals surface area contributed by atoms with Gasteiger partial charge < -0.3 is 5.11 Å². The van der Waals surface area contributed by atoms with E-state index in [2.05, 4.69) is 0 Å². The fourth-order valence-electron chi connectivity index (χ4n) is 1.30. The predicted molar refractivity (Wildman–Crippen MR) is 52.5 cm³/mol. The Bertz CT molecular complexity index is 376. The number of halogens is 2. The molecule has 1 aromatic rings. The number of ketones is 1. The summed E-state index contributed by atoms with van der Waals surface area (Å²) in [6.07, 6.45) is -3.82. The molecule has 16 heavy (non-hydrogen) atoms. The molecule has 0 bridgehead atoms. The zero-order chi connectivity index (χ0) is 12.1. The maximum atomic E-state index is 12.5. The molecule has 1 rings (SSSR count). The SMILES string of the molecule is O=C(O)CC(C(=O)c1ccccc1)C(F)F. The van der Waals surface area contributed by atoms with Gasteiger partial charge in [-0.1, -0.05) is 30.3 Å². The third-order valence-electron chi connectivity index (χ3n) is 2.09. The summed E-state index contributed by atoms with van der Waals surface area (Å²) >= 11 is 0. The fraction of sp³-hybridized carbons (Fsp3) is 0.273. The Hall–Kier alpha value is -1.78. The van der Waals surface area contributed by atoms with Crippen LogP contribution in [-0.2, 0) is 4.79 Å². The van der Waals surface area contributed by atoms with E-state index in [1.807, 2.05) is 0 Å². The van der Waals surface area contributed by atoms with Crippen molar-refractivity contribution in [1.82, 2.24) is 0 Å². The van der Waals surface area contributed by atoms with Gasteiger partial charge in [-0.05, 0) is 0 Å². The van der Waals surface area contributed by atoms with E-state index in [4.69, 9.17) is 5.11 Å². The number of alkyl halides is 2. The molecule has 5 heteroatoms. The van der Waals surface area contributed by atoms with Crippen molar-refractivity contribution in [2.75, 3.05) is 0 Å². The molecule has 0 spiro atoms. The number of aliphatic carboxylic acids is 1. The monoisotopic (exact) mass is 228 g/mol. The summed E-state index contributed by atoms with van der Waals surface area (Å²) in [6, 6.07) is 7.50. The van der Waals surface area contributed by atoms with E-state index >= 15 is 0 Å². The van der Waals surface area contributed by atoms with E-state index in [0.29, 0.717) is 0 Å². The molecule has 0 saturated carbocycles. The average molecular weight is 228 g/mol. The van der Waals surface area contributed by atoms with Gasteiger partial charge in [0.05, 0.1) is 12.3 Å². The van der Waals surface area contributed by atoms with Crippen molar-refractivity contribution >= 4 is 11.8 Å². The second-order valence-electron chi connectivity index (χ2n) is 3.27. The highest BCUT2D eigenvalue weighted by molar-refractivity contribution is 5.99. The van der Waals surface area contributed by atoms with Crippen molar-refractivity contribution < 1.29 is 23.5 Å². The zero-order valence-electron chi connectivity index (χ0n) is 8.27. The summed E-state index contributed by atoms with van der Waals surface area (Å²) in [7, 11) is 0. The quantitative estimate of drug-likeness (QED) is 0.786. The molecule has 1 atom stereocenters. The first kappa shape index (κ1) is 12.3. The number of carboxylic acid groups (broad SMARTS) is 1. The maximum absolute atomic E-state index is 12.5. The second-order valence-corrected chi connectivity index (χ2v) is 3.27. The highest BCUT2D eigenvalue weighted by Gasteiger charge is 2.31. The van der Waals surface area contributed by atoms with E-state index in [1.54, 1.807) is 6.07 Å². The lowest BCUT2D eigenvalue weighted by Gasteiger charge is -2.12. The van der Waals surface area contributed by atoms with E-state index in [1.165, 1.54) is 24.3 Å². The average Bonchev–Trinajstić information content (AvgIpc) is 2.25. The fourth-order valence-corrected chi connectivity index (χ4v) is 1.30. The van der Waals surface area contributed by atoms with Crippen molar-refractivity contribution in [3.05, 3.63) is 35.9 Å². The summed E-state index contributed by atoms with van der Waals surface area (Å²) < 4.78 is 25.0. The number of hydrogen-bond donors (Lipinski definition) is 1. The standard InChI is InChI=1S/C11H10F2O3/c12-11(13)8(6-9(14)15)10(16)7-4-2-1-3-5-7/h1-5,8,11H,6H2,(H,14,15). The first-order valence-electron chi connectivity index (χ1n) is 4.61. The van der Waals surface area contributed by atoms with Crippen molar-refractivity contribution in [2.45, 2.75) is 12.8 Å². The molecule has 0 saturated heterocycles. The van der Waals surface area contributed by atoms with E-state index in [0.717, 1.165) is 0 Å². The molecule has 3 nitrogen and oxygen atoms in total. The molecule has 86 valence electrons. The summed E-state index contributed by atoms with van der Waals surface area (Å²) in [4.78, 5) is 21.9. The third-order valence-corrected chi connectivity index (χ3v) is 2.09. The van der Waals surface area contributed by atoms with Crippen molar-refractivity contribution in [2.24, 2.45) is 5.92 Å². The minimum Gasteiger partial charge on any atom is -0.481 e. The Balaban J connectivity index is 2.88. The lowest BCUT2D eigenvalue weighted by atomic mass is 9.95. The predicted octanol–water partition coefficient (Wildman–Crippen LogP) is 2.23. The summed E-state index contributed by atoms with van der Waals surface area (Å²) in [5.74, 6) is -4.02. The second kappa shape index (κ2) is 5.34. The summed E-state index contributed by atoms with van der Waals surface area (Å²) in [6.45, 7) is 0. The number of hydrogen-bond acceptors (Lipinski definition) is 2. The van der Waals surface area contributed by atoms with E-state index in [-0.39, 0.29) is 5.56 Å². The van der Waals surface area contributed by atoms with Gasteiger partial charge in [0.2, 0.25) is 6.43 Å². The Morgan fingerprint density at radius 1 is 1.19 bits per heavy atom. The summed E-state index contributed by atoms with van der Waals surface area (Å²) in [5.41, 5.74) is 0.106. The van der Waals surface area contributed by atoms with Crippen LogP contribution in [0.15, 0.2) is 30.3 Å². The minimum atomic E-state index is -2.97. The molecular weight excluding hydrogens is 218 g/mol. The van der Waals surface area contributed by atoms with Crippen LogP contribution in [0.5, 0.6) is 0 Å². The van der Waals surface area contributed by atoms with Gasteiger partial charge in [0, 0.05) is 5.56 Å². The van der Waals surface area contributed by atoms with Crippen LogP contribution >= 0.6 is 0 Å². The minimum absolute atomic E-state index is 0.106. The number of carbonyl (C=O) groups is 2. The highest BCUT2D eigenvalue weighted by Crippen LogP contribution is 2.19.